The fourth-order valence-electron chi connectivity index (χ4n) is 1.23. The van der Waals surface area contributed by atoms with Crippen LogP contribution in [0.25, 0.3) is 5.57 Å². The highest BCUT2D eigenvalue weighted by molar-refractivity contribution is 6.42. The monoisotopic (exact) mass is 230 g/mol. The molecule has 0 aliphatic heterocycles. The van der Waals surface area contributed by atoms with Crippen molar-refractivity contribution >= 4 is 28.8 Å². The van der Waals surface area contributed by atoms with Crippen LogP contribution in [-0.4, -0.2) is 5.11 Å². The predicted octanol–water partition coefficient (Wildman–Crippen LogP) is 4.55. The highest BCUT2D eigenvalue weighted by Gasteiger charge is 2.08. The van der Waals surface area contributed by atoms with Crippen LogP contribution in [0.2, 0.25) is 10.0 Å². The molecule has 1 aromatic carbocycles. The van der Waals surface area contributed by atoms with E-state index < -0.39 is 0 Å². The Kier molecular flexibility index (Phi) is 3.85. The Morgan fingerprint density at radius 1 is 1.29 bits per heavy atom. The molecule has 1 rings (SSSR count). The number of hydrogen-bond donors (Lipinski definition) is 1. The van der Waals surface area contributed by atoms with E-state index in [0.717, 1.165) is 17.4 Å². The second kappa shape index (κ2) is 4.72. The van der Waals surface area contributed by atoms with Gasteiger partial charge in [-0.2, -0.15) is 0 Å². The molecular weight excluding hydrogens is 219 g/mol. The molecule has 1 N–H and O–H groups in total. The maximum atomic E-state index is 9.07. The van der Waals surface area contributed by atoms with Crippen molar-refractivity contribution in [1.82, 2.24) is 0 Å². The Labute approximate surface area is 94.0 Å². The molecule has 0 aliphatic carbocycles. The van der Waals surface area contributed by atoms with Crippen LogP contribution in [0.5, 0.6) is 0 Å². The summed E-state index contributed by atoms with van der Waals surface area (Å²) < 4.78 is 0. The van der Waals surface area contributed by atoms with E-state index >= 15 is 0 Å². The van der Waals surface area contributed by atoms with E-state index in [2.05, 4.69) is 0 Å². The summed E-state index contributed by atoms with van der Waals surface area (Å²) in [7, 11) is 0. The fraction of sp³-hybridized carbons (Fsp3) is 0.273. The summed E-state index contributed by atoms with van der Waals surface area (Å²) in [5, 5.41) is 10.1. The summed E-state index contributed by atoms with van der Waals surface area (Å²) in [6.07, 6.45) is 1.12. The lowest BCUT2D eigenvalue weighted by atomic mass is 9.97. The van der Waals surface area contributed by atoms with Crippen LogP contribution in [0.15, 0.2) is 24.5 Å². The highest BCUT2D eigenvalue weighted by atomic mass is 35.5. The van der Waals surface area contributed by atoms with Gasteiger partial charge in [-0.15, -0.1) is 0 Å². The molecule has 0 aromatic heterocycles. The van der Waals surface area contributed by atoms with E-state index in [1.54, 1.807) is 12.1 Å². The number of allylic oxidation sites excluding steroid dienone is 1. The molecule has 0 saturated carbocycles. The number of halogens is 2. The van der Waals surface area contributed by atoms with Crippen molar-refractivity contribution in [3.8, 4) is 0 Å². The number of aliphatic hydroxyl groups is 1. The molecule has 1 nitrogen and oxygen atoms in total. The van der Waals surface area contributed by atoms with Gasteiger partial charge in [0.2, 0.25) is 0 Å². The fourth-order valence-corrected chi connectivity index (χ4v) is 1.53. The Morgan fingerprint density at radius 2 is 1.93 bits per heavy atom. The van der Waals surface area contributed by atoms with E-state index in [1.807, 2.05) is 19.9 Å². The summed E-state index contributed by atoms with van der Waals surface area (Å²) in [4.78, 5) is 0. The Balaban J connectivity index is 3.13. The zero-order valence-electron chi connectivity index (χ0n) is 8.09. The molecule has 0 spiro atoms. The van der Waals surface area contributed by atoms with Gasteiger partial charge in [0, 0.05) is 0 Å². The van der Waals surface area contributed by atoms with Gasteiger partial charge in [0.25, 0.3) is 0 Å². The molecular formula is C11H12Cl2O. The van der Waals surface area contributed by atoms with Gasteiger partial charge in [-0.1, -0.05) is 43.1 Å². The van der Waals surface area contributed by atoms with Crippen molar-refractivity contribution < 1.29 is 5.11 Å². The summed E-state index contributed by atoms with van der Waals surface area (Å²) in [5.41, 5.74) is 1.75. The number of benzene rings is 1. The average Bonchev–Trinajstić information content (AvgIpc) is 2.11. The molecule has 0 bridgehead atoms. The van der Waals surface area contributed by atoms with Crippen molar-refractivity contribution in [3.05, 3.63) is 40.1 Å². The zero-order chi connectivity index (χ0) is 10.7. The van der Waals surface area contributed by atoms with Gasteiger partial charge < -0.3 is 5.11 Å². The maximum absolute atomic E-state index is 9.07. The van der Waals surface area contributed by atoms with Crippen LogP contribution in [0.4, 0.5) is 0 Å². The van der Waals surface area contributed by atoms with Crippen molar-refractivity contribution in [3.63, 3.8) is 0 Å². The van der Waals surface area contributed by atoms with Crippen molar-refractivity contribution in [2.45, 2.75) is 13.8 Å². The average molecular weight is 231 g/mol. The molecule has 0 aliphatic rings. The smallest absolute Gasteiger partial charge is 0.0832 e. The van der Waals surface area contributed by atoms with Gasteiger partial charge in [-0.25, -0.2) is 0 Å². The van der Waals surface area contributed by atoms with Crippen LogP contribution in [0, 0.1) is 5.92 Å². The first-order valence-electron chi connectivity index (χ1n) is 4.36. The molecule has 14 heavy (non-hydrogen) atoms. The van der Waals surface area contributed by atoms with Crippen LogP contribution in [-0.2, 0) is 0 Å². The predicted molar refractivity (Wildman–Crippen MR) is 61.9 cm³/mol. The second-order valence-corrected chi connectivity index (χ2v) is 4.18. The minimum atomic E-state index is 0.247. The SMILES string of the molecule is CC(C)/C(=C\O)c1ccc(Cl)c(Cl)c1. The van der Waals surface area contributed by atoms with Gasteiger partial charge >= 0.3 is 0 Å². The largest absolute Gasteiger partial charge is 0.515 e. The summed E-state index contributed by atoms with van der Waals surface area (Å²) >= 11 is 11.7. The molecule has 1 aromatic rings. The van der Waals surface area contributed by atoms with Crippen LogP contribution < -0.4 is 0 Å². The van der Waals surface area contributed by atoms with E-state index in [9.17, 15) is 0 Å². The summed E-state index contributed by atoms with van der Waals surface area (Å²) in [5.74, 6) is 0.247. The third-order valence-electron chi connectivity index (χ3n) is 2.01. The van der Waals surface area contributed by atoms with Gasteiger partial charge in [-0.3, -0.25) is 0 Å². The summed E-state index contributed by atoms with van der Waals surface area (Å²) in [6.45, 7) is 4.01. The minimum Gasteiger partial charge on any atom is -0.515 e. The van der Waals surface area contributed by atoms with Crippen LogP contribution >= 0.6 is 23.2 Å². The van der Waals surface area contributed by atoms with Gasteiger partial charge in [0.05, 0.1) is 16.3 Å². The lowest BCUT2D eigenvalue weighted by molar-refractivity contribution is 0.471. The lowest BCUT2D eigenvalue weighted by Crippen LogP contribution is -1.93. The quantitative estimate of drug-likeness (QED) is 0.740. The first-order chi connectivity index (χ1) is 6.56. The topological polar surface area (TPSA) is 20.2 Å². The second-order valence-electron chi connectivity index (χ2n) is 3.37. The first kappa shape index (κ1) is 11.4. The van der Waals surface area contributed by atoms with E-state index in [1.165, 1.54) is 0 Å². The van der Waals surface area contributed by atoms with E-state index in [0.29, 0.717) is 10.0 Å². The van der Waals surface area contributed by atoms with Crippen LogP contribution in [0.3, 0.4) is 0 Å². The molecule has 0 fully saturated rings. The first-order valence-corrected chi connectivity index (χ1v) is 5.11. The van der Waals surface area contributed by atoms with E-state index in [-0.39, 0.29) is 5.92 Å². The lowest BCUT2D eigenvalue weighted by Gasteiger charge is -2.10. The van der Waals surface area contributed by atoms with Crippen molar-refractivity contribution in [2.24, 2.45) is 5.92 Å². The minimum absolute atomic E-state index is 0.247. The maximum Gasteiger partial charge on any atom is 0.0832 e. The van der Waals surface area contributed by atoms with E-state index in [4.69, 9.17) is 28.3 Å². The molecule has 0 unspecified atom stereocenters. The Morgan fingerprint density at radius 3 is 2.36 bits per heavy atom. The molecule has 0 atom stereocenters. The molecule has 0 saturated heterocycles. The Bertz CT molecular complexity index is 356. The van der Waals surface area contributed by atoms with Crippen molar-refractivity contribution in [2.75, 3.05) is 0 Å². The van der Waals surface area contributed by atoms with Crippen LogP contribution in [0.1, 0.15) is 19.4 Å². The number of rotatable bonds is 2. The van der Waals surface area contributed by atoms with Gasteiger partial charge in [0.1, 0.15) is 0 Å². The molecule has 0 heterocycles. The molecule has 76 valence electrons. The molecule has 0 amide bonds. The van der Waals surface area contributed by atoms with Crippen molar-refractivity contribution in [1.29, 1.82) is 0 Å². The zero-order valence-corrected chi connectivity index (χ0v) is 9.60. The third-order valence-corrected chi connectivity index (χ3v) is 2.75. The third kappa shape index (κ3) is 2.43. The summed E-state index contributed by atoms with van der Waals surface area (Å²) in [6, 6.07) is 5.33. The number of hydrogen-bond acceptors (Lipinski definition) is 1. The number of aliphatic hydroxyl groups excluding tert-OH is 1. The normalized spacial score (nSPS) is 12.2. The Hall–Kier alpha value is -0.660. The molecule has 3 heteroatoms. The highest BCUT2D eigenvalue weighted by Crippen LogP contribution is 2.29. The standard InChI is InChI=1S/C11H12Cl2O/c1-7(2)9(6-14)8-3-4-10(12)11(13)5-8/h3-7,14H,1-2H3/b9-6+. The van der Waals surface area contributed by atoms with Gasteiger partial charge in [-0.05, 0) is 29.2 Å². The molecule has 0 radical (unpaired) electrons. The van der Waals surface area contributed by atoms with Gasteiger partial charge in [0.15, 0.2) is 0 Å².